The molecule has 3 unspecified atom stereocenters. The Morgan fingerprint density at radius 2 is 1.94 bits per heavy atom. The van der Waals surface area contributed by atoms with Gasteiger partial charge in [0.2, 0.25) is 0 Å². The molecule has 4 N–H and O–H groups in total. The Morgan fingerprint density at radius 3 is 2.61 bits per heavy atom. The molecule has 0 aliphatic heterocycles. The minimum atomic E-state index is 0.198. The Hall–Kier alpha value is -0.900. The lowest BCUT2D eigenvalue weighted by Crippen LogP contribution is -2.44. The lowest BCUT2D eigenvalue weighted by molar-refractivity contribution is 0.146. The number of aliphatic hydroxyl groups is 1. The Kier molecular flexibility index (Phi) is 5.17. The molecule has 1 aliphatic carbocycles. The van der Waals surface area contributed by atoms with Crippen LogP contribution in [0, 0.1) is 5.92 Å². The molecular formula is C15H24N2O. The number of benzene rings is 1. The van der Waals surface area contributed by atoms with Crippen molar-refractivity contribution in [2.45, 2.75) is 37.8 Å². The van der Waals surface area contributed by atoms with E-state index in [1.807, 2.05) is 18.2 Å². The van der Waals surface area contributed by atoms with Crippen LogP contribution in [0.25, 0.3) is 0 Å². The highest BCUT2D eigenvalue weighted by molar-refractivity contribution is 5.19. The normalized spacial score (nSPS) is 25.9. The van der Waals surface area contributed by atoms with Crippen LogP contribution in [-0.4, -0.2) is 24.3 Å². The number of rotatable bonds is 5. The van der Waals surface area contributed by atoms with E-state index in [4.69, 9.17) is 5.73 Å². The van der Waals surface area contributed by atoms with Crippen molar-refractivity contribution in [2.24, 2.45) is 11.7 Å². The van der Waals surface area contributed by atoms with E-state index < -0.39 is 0 Å². The molecule has 0 spiro atoms. The van der Waals surface area contributed by atoms with Gasteiger partial charge in [0.15, 0.2) is 0 Å². The highest BCUT2D eigenvalue weighted by Gasteiger charge is 2.26. The molecule has 0 amide bonds. The summed E-state index contributed by atoms with van der Waals surface area (Å²) in [5, 5.41) is 13.1. The van der Waals surface area contributed by atoms with Gasteiger partial charge < -0.3 is 16.2 Å². The van der Waals surface area contributed by atoms with Crippen LogP contribution in [0.4, 0.5) is 0 Å². The zero-order valence-corrected chi connectivity index (χ0v) is 10.9. The van der Waals surface area contributed by atoms with Gasteiger partial charge >= 0.3 is 0 Å². The van der Waals surface area contributed by atoms with Crippen LogP contribution in [0.2, 0.25) is 0 Å². The van der Waals surface area contributed by atoms with Gasteiger partial charge in [-0.05, 0) is 24.3 Å². The third-order valence-electron chi connectivity index (χ3n) is 4.00. The summed E-state index contributed by atoms with van der Waals surface area (Å²) in [5.74, 6) is 0.386. The highest BCUT2D eigenvalue weighted by atomic mass is 16.3. The maximum Gasteiger partial charge on any atom is 0.0474 e. The summed E-state index contributed by atoms with van der Waals surface area (Å²) < 4.78 is 0. The van der Waals surface area contributed by atoms with Crippen LogP contribution < -0.4 is 11.1 Å². The summed E-state index contributed by atoms with van der Waals surface area (Å²) in [6.07, 6.45) is 4.76. The predicted molar refractivity (Wildman–Crippen MR) is 74.2 cm³/mol. The smallest absolute Gasteiger partial charge is 0.0474 e. The molecule has 0 radical (unpaired) electrons. The van der Waals surface area contributed by atoms with Crippen molar-refractivity contribution in [3.63, 3.8) is 0 Å². The largest absolute Gasteiger partial charge is 0.396 e. The standard InChI is InChI=1S/C15H24N2O/c16-10-15(12-6-2-1-3-7-12)17-14-9-5-4-8-13(14)11-18/h1-3,6-7,13-15,17-18H,4-5,8-11,16H2. The number of nitrogens with one attached hydrogen (secondary N) is 1. The lowest BCUT2D eigenvalue weighted by Gasteiger charge is -2.34. The fourth-order valence-electron chi connectivity index (χ4n) is 2.89. The molecule has 1 saturated carbocycles. The molecule has 3 atom stereocenters. The molecular weight excluding hydrogens is 224 g/mol. The fraction of sp³-hybridized carbons (Fsp3) is 0.600. The van der Waals surface area contributed by atoms with E-state index in [-0.39, 0.29) is 12.6 Å². The van der Waals surface area contributed by atoms with Gasteiger partial charge in [-0.1, -0.05) is 43.2 Å². The van der Waals surface area contributed by atoms with Gasteiger partial charge in [0.1, 0.15) is 0 Å². The van der Waals surface area contributed by atoms with E-state index in [9.17, 15) is 5.11 Å². The zero-order chi connectivity index (χ0) is 12.8. The van der Waals surface area contributed by atoms with E-state index in [1.165, 1.54) is 18.4 Å². The minimum Gasteiger partial charge on any atom is -0.396 e. The van der Waals surface area contributed by atoms with Gasteiger partial charge in [-0.3, -0.25) is 0 Å². The third-order valence-corrected chi connectivity index (χ3v) is 4.00. The second-order valence-electron chi connectivity index (χ2n) is 5.20. The molecule has 1 aliphatic rings. The second kappa shape index (κ2) is 6.88. The number of hydrogen-bond donors (Lipinski definition) is 3. The minimum absolute atomic E-state index is 0.198. The second-order valence-corrected chi connectivity index (χ2v) is 5.20. The van der Waals surface area contributed by atoms with Crippen molar-refractivity contribution >= 4 is 0 Å². The topological polar surface area (TPSA) is 58.3 Å². The Bertz CT molecular complexity index is 342. The molecule has 0 saturated heterocycles. The van der Waals surface area contributed by atoms with Gasteiger partial charge in [-0.2, -0.15) is 0 Å². The highest BCUT2D eigenvalue weighted by Crippen LogP contribution is 2.26. The van der Waals surface area contributed by atoms with Crippen LogP contribution in [0.15, 0.2) is 30.3 Å². The van der Waals surface area contributed by atoms with E-state index in [1.54, 1.807) is 0 Å². The predicted octanol–water partition coefficient (Wildman–Crippen LogP) is 1.83. The molecule has 0 aromatic heterocycles. The Morgan fingerprint density at radius 1 is 1.22 bits per heavy atom. The maximum atomic E-state index is 9.45. The molecule has 1 aromatic carbocycles. The molecule has 3 heteroatoms. The molecule has 100 valence electrons. The van der Waals surface area contributed by atoms with Gasteiger partial charge in [0, 0.05) is 25.2 Å². The van der Waals surface area contributed by atoms with Crippen LogP contribution in [0.5, 0.6) is 0 Å². The van der Waals surface area contributed by atoms with Gasteiger partial charge in [0.05, 0.1) is 0 Å². The van der Waals surface area contributed by atoms with Crippen molar-refractivity contribution in [3.05, 3.63) is 35.9 Å². The first-order valence-electron chi connectivity index (χ1n) is 6.97. The Labute approximate surface area is 109 Å². The first-order valence-corrected chi connectivity index (χ1v) is 6.97. The summed E-state index contributed by atoms with van der Waals surface area (Å²) in [6, 6.07) is 10.9. The first kappa shape index (κ1) is 13.5. The molecule has 3 nitrogen and oxygen atoms in total. The van der Waals surface area contributed by atoms with Crippen molar-refractivity contribution < 1.29 is 5.11 Å². The van der Waals surface area contributed by atoms with Crippen LogP contribution >= 0.6 is 0 Å². The summed E-state index contributed by atoms with van der Waals surface area (Å²) >= 11 is 0. The Balaban J connectivity index is 2.01. The molecule has 1 fully saturated rings. The fourth-order valence-corrected chi connectivity index (χ4v) is 2.89. The third kappa shape index (κ3) is 3.31. The van der Waals surface area contributed by atoms with Crippen LogP contribution in [-0.2, 0) is 0 Å². The quantitative estimate of drug-likeness (QED) is 0.745. The van der Waals surface area contributed by atoms with Crippen molar-refractivity contribution in [1.82, 2.24) is 5.32 Å². The lowest BCUT2D eigenvalue weighted by atomic mass is 9.84. The van der Waals surface area contributed by atoms with E-state index in [0.29, 0.717) is 18.5 Å². The first-order chi connectivity index (χ1) is 8.85. The van der Waals surface area contributed by atoms with E-state index in [0.717, 1.165) is 12.8 Å². The summed E-state index contributed by atoms with van der Waals surface area (Å²) in [6.45, 7) is 0.877. The van der Waals surface area contributed by atoms with Crippen LogP contribution in [0.1, 0.15) is 37.3 Å². The number of aliphatic hydroxyl groups excluding tert-OH is 1. The summed E-state index contributed by atoms with van der Waals surface area (Å²) in [7, 11) is 0. The molecule has 0 heterocycles. The van der Waals surface area contributed by atoms with E-state index >= 15 is 0 Å². The van der Waals surface area contributed by atoms with E-state index in [2.05, 4.69) is 17.4 Å². The maximum absolute atomic E-state index is 9.45. The molecule has 18 heavy (non-hydrogen) atoms. The number of hydrogen-bond acceptors (Lipinski definition) is 3. The molecule has 1 aromatic rings. The van der Waals surface area contributed by atoms with Crippen molar-refractivity contribution in [1.29, 1.82) is 0 Å². The summed E-state index contributed by atoms with van der Waals surface area (Å²) in [5.41, 5.74) is 7.12. The average Bonchev–Trinajstić information content (AvgIpc) is 2.46. The van der Waals surface area contributed by atoms with Crippen LogP contribution in [0.3, 0.4) is 0 Å². The van der Waals surface area contributed by atoms with Gasteiger partial charge in [-0.25, -0.2) is 0 Å². The summed E-state index contributed by atoms with van der Waals surface area (Å²) in [4.78, 5) is 0. The molecule has 0 bridgehead atoms. The van der Waals surface area contributed by atoms with Crippen molar-refractivity contribution in [2.75, 3.05) is 13.2 Å². The monoisotopic (exact) mass is 248 g/mol. The van der Waals surface area contributed by atoms with Crippen molar-refractivity contribution in [3.8, 4) is 0 Å². The average molecular weight is 248 g/mol. The van der Waals surface area contributed by atoms with Gasteiger partial charge in [-0.15, -0.1) is 0 Å². The molecule has 2 rings (SSSR count). The SMILES string of the molecule is NCC(NC1CCCCC1CO)c1ccccc1. The zero-order valence-electron chi connectivity index (χ0n) is 10.9. The van der Waals surface area contributed by atoms with Gasteiger partial charge in [0.25, 0.3) is 0 Å². The number of nitrogens with two attached hydrogens (primary N) is 1.